The fourth-order valence-corrected chi connectivity index (χ4v) is 7.89. The first-order valence-electron chi connectivity index (χ1n) is 12.2. The quantitative estimate of drug-likeness (QED) is 0.237. The number of fused-ring (bicyclic) bond motifs is 7. The van der Waals surface area contributed by atoms with Crippen molar-refractivity contribution in [3.8, 4) is 28.5 Å². The monoisotopic (exact) mass is 509 g/mol. The molecule has 0 aliphatic rings. The molecule has 0 aliphatic heterocycles. The van der Waals surface area contributed by atoms with Gasteiger partial charge in [0.05, 0.1) is 31.1 Å². The molecule has 0 saturated heterocycles. The smallest absolute Gasteiger partial charge is 0.235 e. The summed E-state index contributed by atoms with van der Waals surface area (Å²) in [6, 6.07) is 40.2. The van der Waals surface area contributed by atoms with Crippen molar-refractivity contribution in [3.63, 3.8) is 0 Å². The van der Waals surface area contributed by atoms with Gasteiger partial charge in [-0.2, -0.15) is 0 Å². The van der Waals surface area contributed by atoms with Crippen LogP contribution in [0.2, 0.25) is 0 Å². The molecule has 0 aliphatic carbocycles. The lowest BCUT2D eigenvalue weighted by molar-refractivity contribution is 0.999. The van der Waals surface area contributed by atoms with Gasteiger partial charge in [0, 0.05) is 32.0 Å². The minimum absolute atomic E-state index is 0.696. The minimum atomic E-state index is 0.696. The number of para-hydroxylation sites is 1. The Labute approximate surface area is 220 Å². The van der Waals surface area contributed by atoms with Crippen molar-refractivity contribution in [2.24, 2.45) is 0 Å². The lowest BCUT2D eigenvalue weighted by Crippen LogP contribution is -2.03. The molecule has 8 aromatic rings. The van der Waals surface area contributed by atoms with Crippen molar-refractivity contribution < 1.29 is 0 Å². The predicted molar refractivity (Wildman–Crippen MR) is 158 cm³/mol. The average Bonchev–Trinajstić information content (AvgIpc) is 3.60. The number of rotatable bonds is 3. The van der Waals surface area contributed by atoms with Gasteiger partial charge in [0.15, 0.2) is 0 Å². The highest BCUT2D eigenvalue weighted by Gasteiger charge is 2.22. The molecule has 0 spiro atoms. The third-order valence-corrected chi connectivity index (χ3v) is 9.35. The van der Waals surface area contributed by atoms with E-state index in [1.54, 1.807) is 0 Å². The molecule has 0 bridgehead atoms. The summed E-state index contributed by atoms with van der Waals surface area (Å²) in [6.07, 6.45) is 0. The molecule has 37 heavy (non-hydrogen) atoms. The molecular weight excluding hydrogens is 491 g/mol. The van der Waals surface area contributed by atoms with E-state index in [1.807, 2.05) is 34.8 Å². The van der Waals surface area contributed by atoms with Crippen LogP contribution in [0.3, 0.4) is 0 Å². The summed E-state index contributed by atoms with van der Waals surface area (Å²) < 4.78 is 6.22. The summed E-state index contributed by atoms with van der Waals surface area (Å²) in [4.78, 5) is 10.4. The molecule has 174 valence electrons. The number of thiophene rings is 2. The first-order chi connectivity index (χ1) is 18.3. The number of hydrogen-bond donors (Lipinski definition) is 0. The molecule has 0 amide bonds. The molecule has 4 aromatic heterocycles. The summed E-state index contributed by atoms with van der Waals surface area (Å²) in [5.41, 5.74) is 6.31. The van der Waals surface area contributed by atoms with Crippen molar-refractivity contribution in [2.45, 2.75) is 0 Å². The number of benzene rings is 4. The van der Waals surface area contributed by atoms with Gasteiger partial charge in [-0.3, -0.25) is 4.57 Å². The average molecular weight is 510 g/mol. The second-order valence-electron chi connectivity index (χ2n) is 9.06. The van der Waals surface area contributed by atoms with Gasteiger partial charge in [0.1, 0.15) is 0 Å². The number of aromatic nitrogens is 3. The summed E-state index contributed by atoms with van der Waals surface area (Å²) in [6.45, 7) is 0. The van der Waals surface area contributed by atoms with Crippen LogP contribution in [0.1, 0.15) is 0 Å². The maximum absolute atomic E-state index is 5.18. The molecule has 0 radical (unpaired) electrons. The van der Waals surface area contributed by atoms with Crippen molar-refractivity contribution >= 4 is 63.3 Å². The van der Waals surface area contributed by atoms with E-state index >= 15 is 0 Å². The zero-order valence-corrected chi connectivity index (χ0v) is 21.3. The zero-order valence-electron chi connectivity index (χ0n) is 19.6. The van der Waals surface area contributed by atoms with E-state index in [0.29, 0.717) is 5.95 Å². The number of nitrogens with zero attached hydrogens (tertiary/aromatic N) is 3. The van der Waals surface area contributed by atoms with E-state index in [2.05, 4.69) is 108 Å². The van der Waals surface area contributed by atoms with Gasteiger partial charge in [-0.1, -0.05) is 97.1 Å². The first-order valence-corrected chi connectivity index (χ1v) is 13.8. The van der Waals surface area contributed by atoms with E-state index in [0.717, 1.165) is 28.0 Å². The van der Waals surface area contributed by atoms with Gasteiger partial charge < -0.3 is 0 Å². The standard InChI is InChI=1S/C32H19N3S2/c1-3-11-20(12-4-1)24-19-25(21-13-5-2-6-14-21)34-32(33-24)35-26-17-9-7-15-22(26)30-29(35)28-23-16-8-10-18-27(23)36-31(28)37-30/h1-19H. The third-order valence-electron chi connectivity index (χ3n) is 6.88. The van der Waals surface area contributed by atoms with Crippen molar-refractivity contribution in [1.29, 1.82) is 0 Å². The Kier molecular flexibility index (Phi) is 4.56. The molecule has 8 rings (SSSR count). The van der Waals surface area contributed by atoms with Crippen LogP contribution in [0, 0.1) is 0 Å². The normalized spacial score (nSPS) is 11.8. The van der Waals surface area contributed by atoms with E-state index in [-0.39, 0.29) is 0 Å². The first kappa shape index (κ1) is 20.8. The van der Waals surface area contributed by atoms with Crippen molar-refractivity contribution in [3.05, 3.63) is 115 Å². The summed E-state index contributed by atoms with van der Waals surface area (Å²) in [5, 5.41) is 3.83. The van der Waals surface area contributed by atoms with Crippen molar-refractivity contribution in [2.75, 3.05) is 0 Å². The fourth-order valence-electron chi connectivity index (χ4n) is 5.21. The molecular formula is C32H19N3S2. The molecule has 0 fully saturated rings. The van der Waals surface area contributed by atoms with Gasteiger partial charge >= 0.3 is 0 Å². The van der Waals surface area contributed by atoms with Crippen molar-refractivity contribution in [1.82, 2.24) is 14.5 Å². The third kappa shape index (κ3) is 3.18. The van der Waals surface area contributed by atoms with Crippen LogP contribution < -0.4 is 0 Å². The molecule has 5 heteroatoms. The zero-order chi connectivity index (χ0) is 24.3. The maximum Gasteiger partial charge on any atom is 0.235 e. The van der Waals surface area contributed by atoms with Crippen LogP contribution in [0.25, 0.3) is 69.1 Å². The van der Waals surface area contributed by atoms with E-state index in [9.17, 15) is 0 Å². The van der Waals surface area contributed by atoms with Gasteiger partial charge in [0.2, 0.25) is 5.95 Å². The molecule has 0 saturated carbocycles. The SMILES string of the molecule is c1ccc(-c2cc(-c3ccccc3)nc(-n3c4ccccc4c4sc5sc6ccccc6c5c43)n2)cc1. The second kappa shape index (κ2) is 8.10. The topological polar surface area (TPSA) is 30.7 Å². The Morgan fingerprint density at radius 1 is 0.568 bits per heavy atom. The predicted octanol–water partition coefficient (Wildman–Crippen LogP) is 9.34. The Morgan fingerprint density at radius 3 is 1.86 bits per heavy atom. The molecule has 0 atom stereocenters. The highest BCUT2D eigenvalue weighted by molar-refractivity contribution is 7.45. The van der Waals surface area contributed by atoms with E-state index in [1.165, 1.54) is 35.1 Å². The van der Waals surface area contributed by atoms with Crippen LogP contribution in [0.4, 0.5) is 0 Å². The molecule has 3 nitrogen and oxygen atoms in total. The summed E-state index contributed by atoms with van der Waals surface area (Å²) >= 11 is 3.74. The molecule has 4 aromatic carbocycles. The maximum atomic E-state index is 5.18. The van der Waals surface area contributed by atoms with Crippen LogP contribution in [-0.4, -0.2) is 14.5 Å². The van der Waals surface area contributed by atoms with Crippen LogP contribution >= 0.6 is 22.7 Å². The largest absolute Gasteiger partial charge is 0.276 e. The van der Waals surface area contributed by atoms with Gasteiger partial charge in [-0.05, 0) is 18.2 Å². The molecule has 0 unspecified atom stereocenters. The van der Waals surface area contributed by atoms with E-state index < -0.39 is 0 Å². The second-order valence-corrected chi connectivity index (χ2v) is 11.4. The minimum Gasteiger partial charge on any atom is -0.276 e. The van der Waals surface area contributed by atoms with Gasteiger partial charge in [-0.15, -0.1) is 22.7 Å². The highest BCUT2D eigenvalue weighted by atomic mass is 32.2. The van der Waals surface area contributed by atoms with E-state index in [4.69, 9.17) is 9.97 Å². The van der Waals surface area contributed by atoms with Crippen LogP contribution in [0.5, 0.6) is 0 Å². The molecule has 4 heterocycles. The Bertz CT molecular complexity index is 2030. The number of hydrogen-bond acceptors (Lipinski definition) is 4. The highest BCUT2D eigenvalue weighted by Crippen LogP contribution is 2.48. The Morgan fingerprint density at radius 2 is 1.16 bits per heavy atom. The van der Waals surface area contributed by atoms with Gasteiger partial charge in [-0.25, -0.2) is 9.97 Å². The van der Waals surface area contributed by atoms with Crippen LogP contribution in [-0.2, 0) is 0 Å². The lowest BCUT2D eigenvalue weighted by atomic mass is 10.1. The summed E-state index contributed by atoms with van der Waals surface area (Å²) in [7, 11) is 0. The Hall–Kier alpha value is -4.32. The Balaban J connectivity index is 1.52. The lowest BCUT2D eigenvalue weighted by Gasteiger charge is -2.11. The van der Waals surface area contributed by atoms with Crippen LogP contribution in [0.15, 0.2) is 115 Å². The fraction of sp³-hybridized carbons (Fsp3) is 0. The molecule has 0 N–H and O–H groups in total. The van der Waals surface area contributed by atoms with Gasteiger partial charge in [0.25, 0.3) is 0 Å². The summed E-state index contributed by atoms with van der Waals surface area (Å²) in [5.74, 6) is 0.696.